The summed E-state index contributed by atoms with van der Waals surface area (Å²) in [5.74, 6) is -1.31. The Bertz CT molecular complexity index is 418. The van der Waals surface area contributed by atoms with Crippen molar-refractivity contribution in [2.24, 2.45) is 0 Å². The lowest BCUT2D eigenvalue weighted by atomic mass is 10.2. The molecular formula is C12H13NO4. The molecular weight excluding hydrogens is 222 g/mol. The molecule has 0 aliphatic carbocycles. The van der Waals surface area contributed by atoms with Gasteiger partial charge in [0.25, 0.3) is 5.91 Å². The van der Waals surface area contributed by atoms with Crippen LogP contribution in [0.1, 0.15) is 12.8 Å². The third-order valence-corrected chi connectivity index (χ3v) is 2.63. The molecule has 1 saturated heterocycles. The molecule has 1 aromatic carbocycles. The van der Waals surface area contributed by atoms with E-state index in [1.54, 1.807) is 12.1 Å². The maximum atomic E-state index is 11.8. The standard InChI is InChI=1S/C12H13NO4/c14-11(13-8-4-2-1-3-5-8)9-6-7-10(17-9)12(15)16/h1-5,9-10H,6-7H2,(H,13,14)(H,15,16). The zero-order valence-electron chi connectivity index (χ0n) is 9.13. The van der Waals surface area contributed by atoms with Crippen LogP contribution in [0.25, 0.3) is 0 Å². The van der Waals surface area contributed by atoms with Gasteiger partial charge in [0.2, 0.25) is 0 Å². The molecule has 1 fully saturated rings. The van der Waals surface area contributed by atoms with Gasteiger partial charge in [-0.3, -0.25) is 4.79 Å². The van der Waals surface area contributed by atoms with Crippen LogP contribution in [-0.2, 0) is 14.3 Å². The number of amides is 1. The number of hydrogen-bond donors (Lipinski definition) is 2. The van der Waals surface area contributed by atoms with Crippen LogP contribution in [0.4, 0.5) is 5.69 Å². The highest BCUT2D eigenvalue weighted by Gasteiger charge is 2.34. The Kier molecular flexibility index (Phi) is 3.39. The average molecular weight is 235 g/mol. The number of anilines is 1. The second-order valence-electron chi connectivity index (χ2n) is 3.88. The van der Waals surface area contributed by atoms with Gasteiger partial charge in [0, 0.05) is 5.69 Å². The molecule has 2 N–H and O–H groups in total. The number of benzene rings is 1. The van der Waals surface area contributed by atoms with Crippen molar-refractivity contribution in [3.8, 4) is 0 Å². The van der Waals surface area contributed by atoms with E-state index in [4.69, 9.17) is 9.84 Å². The monoisotopic (exact) mass is 235 g/mol. The minimum Gasteiger partial charge on any atom is -0.479 e. The number of aliphatic carboxylic acids is 1. The highest BCUT2D eigenvalue weighted by molar-refractivity contribution is 5.94. The summed E-state index contributed by atoms with van der Waals surface area (Å²) < 4.78 is 5.15. The summed E-state index contributed by atoms with van der Waals surface area (Å²) in [6.45, 7) is 0. The molecule has 1 aliphatic heterocycles. The van der Waals surface area contributed by atoms with Gasteiger partial charge in [0.1, 0.15) is 6.10 Å². The average Bonchev–Trinajstić information content (AvgIpc) is 2.79. The van der Waals surface area contributed by atoms with Crippen molar-refractivity contribution in [3.63, 3.8) is 0 Å². The Morgan fingerprint density at radius 1 is 1.18 bits per heavy atom. The van der Waals surface area contributed by atoms with E-state index in [1.807, 2.05) is 18.2 Å². The second-order valence-corrected chi connectivity index (χ2v) is 3.88. The van der Waals surface area contributed by atoms with Crippen molar-refractivity contribution < 1.29 is 19.4 Å². The van der Waals surface area contributed by atoms with Crippen molar-refractivity contribution in [2.45, 2.75) is 25.0 Å². The molecule has 2 unspecified atom stereocenters. The van der Waals surface area contributed by atoms with Gasteiger partial charge in [-0.1, -0.05) is 18.2 Å². The number of carbonyl (C=O) groups excluding carboxylic acids is 1. The molecule has 0 aromatic heterocycles. The molecule has 0 radical (unpaired) electrons. The molecule has 2 rings (SSSR count). The van der Waals surface area contributed by atoms with E-state index in [1.165, 1.54) is 0 Å². The van der Waals surface area contributed by atoms with Crippen LogP contribution in [0.15, 0.2) is 30.3 Å². The quantitative estimate of drug-likeness (QED) is 0.826. The van der Waals surface area contributed by atoms with Gasteiger partial charge >= 0.3 is 5.97 Å². The van der Waals surface area contributed by atoms with Crippen LogP contribution < -0.4 is 5.32 Å². The largest absolute Gasteiger partial charge is 0.479 e. The maximum absolute atomic E-state index is 11.8. The number of para-hydroxylation sites is 1. The van der Waals surface area contributed by atoms with Gasteiger partial charge in [0.05, 0.1) is 0 Å². The zero-order valence-corrected chi connectivity index (χ0v) is 9.13. The Hall–Kier alpha value is -1.88. The van der Waals surface area contributed by atoms with E-state index in [0.29, 0.717) is 18.5 Å². The lowest BCUT2D eigenvalue weighted by Crippen LogP contribution is -2.29. The van der Waals surface area contributed by atoms with Crippen molar-refractivity contribution in [3.05, 3.63) is 30.3 Å². The number of rotatable bonds is 3. The molecule has 0 bridgehead atoms. The van der Waals surface area contributed by atoms with Crippen LogP contribution in [0.5, 0.6) is 0 Å². The summed E-state index contributed by atoms with van der Waals surface area (Å²) in [5.41, 5.74) is 0.680. The molecule has 1 aliphatic rings. The first-order chi connectivity index (χ1) is 8.16. The molecule has 2 atom stereocenters. The number of carboxylic acid groups (broad SMARTS) is 1. The number of hydrogen-bond acceptors (Lipinski definition) is 3. The van der Waals surface area contributed by atoms with Gasteiger partial charge in [0.15, 0.2) is 6.10 Å². The van der Waals surface area contributed by atoms with E-state index in [-0.39, 0.29) is 5.91 Å². The summed E-state index contributed by atoms with van der Waals surface area (Å²) in [6, 6.07) is 9.00. The van der Waals surface area contributed by atoms with Crippen LogP contribution >= 0.6 is 0 Å². The van der Waals surface area contributed by atoms with Crippen molar-refractivity contribution in [1.82, 2.24) is 0 Å². The van der Waals surface area contributed by atoms with Gasteiger partial charge in [-0.05, 0) is 25.0 Å². The molecule has 5 nitrogen and oxygen atoms in total. The van der Waals surface area contributed by atoms with E-state index >= 15 is 0 Å². The maximum Gasteiger partial charge on any atom is 0.332 e. The van der Waals surface area contributed by atoms with Crippen molar-refractivity contribution >= 4 is 17.6 Å². The molecule has 90 valence electrons. The third kappa shape index (κ3) is 2.82. The first-order valence-electron chi connectivity index (χ1n) is 5.41. The highest BCUT2D eigenvalue weighted by Crippen LogP contribution is 2.21. The normalized spacial score (nSPS) is 23.3. The molecule has 5 heteroatoms. The Morgan fingerprint density at radius 2 is 1.82 bits per heavy atom. The van der Waals surface area contributed by atoms with Crippen LogP contribution in [0.3, 0.4) is 0 Å². The highest BCUT2D eigenvalue weighted by atomic mass is 16.5. The minimum atomic E-state index is -1.01. The molecule has 1 amide bonds. The number of carboxylic acids is 1. The van der Waals surface area contributed by atoms with E-state index in [2.05, 4.69) is 5.32 Å². The Morgan fingerprint density at radius 3 is 2.41 bits per heavy atom. The van der Waals surface area contributed by atoms with Gasteiger partial charge in [-0.15, -0.1) is 0 Å². The SMILES string of the molecule is O=C(O)C1CCC(C(=O)Nc2ccccc2)O1. The summed E-state index contributed by atoms with van der Waals surface area (Å²) >= 11 is 0. The fourth-order valence-electron chi connectivity index (χ4n) is 1.76. The number of carbonyl (C=O) groups is 2. The summed E-state index contributed by atoms with van der Waals surface area (Å²) in [7, 11) is 0. The molecule has 1 heterocycles. The van der Waals surface area contributed by atoms with Crippen LogP contribution in [0, 0.1) is 0 Å². The summed E-state index contributed by atoms with van der Waals surface area (Å²) in [5, 5.41) is 11.4. The fraction of sp³-hybridized carbons (Fsp3) is 0.333. The van der Waals surface area contributed by atoms with E-state index in [0.717, 1.165) is 0 Å². The first-order valence-corrected chi connectivity index (χ1v) is 5.41. The fourth-order valence-corrected chi connectivity index (χ4v) is 1.76. The smallest absolute Gasteiger partial charge is 0.332 e. The number of nitrogens with one attached hydrogen (secondary N) is 1. The second kappa shape index (κ2) is 4.97. The van der Waals surface area contributed by atoms with E-state index in [9.17, 15) is 9.59 Å². The minimum absolute atomic E-state index is 0.292. The first kappa shape index (κ1) is 11.6. The van der Waals surface area contributed by atoms with Crippen LogP contribution in [-0.4, -0.2) is 29.2 Å². The molecule has 1 aromatic rings. The van der Waals surface area contributed by atoms with Gasteiger partial charge < -0.3 is 15.2 Å². The van der Waals surface area contributed by atoms with Crippen molar-refractivity contribution in [2.75, 3.05) is 5.32 Å². The summed E-state index contributed by atoms with van der Waals surface area (Å²) in [4.78, 5) is 22.4. The molecule has 0 spiro atoms. The summed E-state index contributed by atoms with van der Waals surface area (Å²) in [6.07, 6.45) is -0.712. The van der Waals surface area contributed by atoms with Crippen LogP contribution in [0.2, 0.25) is 0 Å². The van der Waals surface area contributed by atoms with E-state index < -0.39 is 18.2 Å². The van der Waals surface area contributed by atoms with Gasteiger partial charge in [-0.2, -0.15) is 0 Å². The zero-order chi connectivity index (χ0) is 12.3. The lowest BCUT2D eigenvalue weighted by Gasteiger charge is -2.11. The topological polar surface area (TPSA) is 75.6 Å². The number of ether oxygens (including phenoxy) is 1. The Balaban J connectivity index is 1.92. The third-order valence-electron chi connectivity index (χ3n) is 2.63. The van der Waals surface area contributed by atoms with Gasteiger partial charge in [-0.25, -0.2) is 4.79 Å². The molecule has 0 saturated carbocycles. The predicted molar refractivity (Wildman–Crippen MR) is 60.6 cm³/mol. The Labute approximate surface area is 98.4 Å². The van der Waals surface area contributed by atoms with Crippen molar-refractivity contribution in [1.29, 1.82) is 0 Å². The predicted octanol–water partition coefficient (Wildman–Crippen LogP) is 1.26. The molecule has 17 heavy (non-hydrogen) atoms. The lowest BCUT2D eigenvalue weighted by molar-refractivity contribution is -0.150.